The highest BCUT2D eigenvalue weighted by Crippen LogP contribution is 2.31. The largest absolute Gasteiger partial charge is 0.497 e. The number of carbonyl (C=O) groups is 2. The van der Waals surface area contributed by atoms with Gasteiger partial charge in [0.2, 0.25) is 0 Å². The third-order valence-electron chi connectivity index (χ3n) is 3.64. The Morgan fingerprint density at radius 1 is 0.957 bits per heavy atom. The first kappa shape index (κ1) is 16.7. The van der Waals surface area contributed by atoms with E-state index in [4.69, 9.17) is 9.47 Å². The van der Waals surface area contributed by atoms with Crippen LogP contribution in [0.4, 0.5) is 0 Å². The van der Waals surface area contributed by atoms with Crippen molar-refractivity contribution >= 4 is 11.6 Å². The van der Waals surface area contributed by atoms with Crippen LogP contribution in [0.1, 0.15) is 35.2 Å². The lowest BCUT2D eigenvalue weighted by Crippen LogP contribution is -2.16. The monoisotopic (exact) mass is 312 g/mol. The van der Waals surface area contributed by atoms with Crippen molar-refractivity contribution in [3.8, 4) is 11.5 Å². The molecule has 0 aliphatic heterocycles. The molecule has 0 aliphatic rings. The molecule has 0 saturated heterocycles. The van der Waals surface area contributed by atoms with Gasteiger partial charge in [0.05, 0.1) is 20.1 Å². The van der Waals surface area contributed by atoms with Crippen molar-refractivity contribution in [2.45, 2.75) is 19.3 Å². The van der Waals surface area contributed by atoms with Crippen molar-refractivity contribution in [1.82, 2.24) is 0 Å². The fraction of sp³-hybridized carbons (Fsp3) is 0.263. The van der Waals surface area contributed by atoms with E-state index in [1.54, 1.807) is 44.6 Å². The topological polar surface area (TPSA) is 52.6 Å². The molecule has 0 N–H and O–H groups in total. The van der Waals surface area contributed by atoms with Crippen LogP contribution in [0, 0.1) is 0 Å². The molecule has 2 rings (SSSR count). The van der Waals surface area contributed by atoms with Crippen LogP contribution in [0.25, 0.3) is 0 Å². The highest BCUT2D eigenvalue weighted by atomic mass is 16.5. The van der Waals surface area contributed by atoms with Gasteiger partial charge in [-0.2, -0.15) is 0 Å². The molecular weight excluding hydrogens is 292 g/mol. The number of ether oxygens (including phenoxy) is 2. The van der Waals surface area contributed by atoms with E-state index < -0.39 is 5.92 Å². The molecule has 1 atom stereocenters. The van der Waals surface area contributed by atoms with Gasteiger partial charge in [-0.3, -0.25) is 9.59 Å². The van der Waals surface area contributed by atoms with Crippen LogP contribution in [0.2, 0.25) is 0 Å². The van der Waals surface area contributed by atoms with Gasteiger partial charge in [-0.1, -0.05) is 30.3 Å². The minimum atomic E-state index is -0.557. The molecule has 1 unspecified atom stereocenters. The molecule has 0 bridgehead atoms. The van der Waals surface area contributed by atoms with E-state index in [-0.39, 0.29) is 18.0 Å². The fourth-order valence-electron chi connectivity index (χ4n) is 2.48. The van der Waals surface area contributed by atoms with Crippen molar-refractivity contribution in [1.29, 1.82) is 0 Å². The molecule has 0 saturated carbocycles. The third kappa shape index (κ3) is 4.19. The Hall–Kier alpha value is -2.62. The number of rotatable bonds is 7. The summed E-state index contributed by atoms with van der Waals surface area (Å²) in [6, 6.07) is 14.3. The van der Waals surface area contributed by atoms with Crippen LogP contribution in [0.3, 0.4) is 0 Å². The summed E-state index contributed by atoms with van der Waals surface area (Å²) in [5.41, 5.74) is 1.30. The minimum Gasteiger partial charge on any atom is -0.497 e. The third-order valence-corrected chi connectivity index (χ3v) is 3.64. The van der Waals surface area contributed by atoms with Gasteiger partial charge in [0.25, 0.3) is 0 Å². The molecule has 0 heterocycles. The molecule has 0 spiro atoms. The first-order valence-corrected chi connectivity index (χ1v) is 7.36. The van der Waals surface area contributed by atoms with Gasteiger partial charge >= 0.3 is 0 Å². The van der Waals surface area contributed by atoms with Crippen LogP contribution < -0.4 is 9.47 Å². The van der Waals surface area contributed by atoms with E-state index in [1.807, 2.05) is 18.2 Å². The fourth-order valence-corrected chi connectivity index (χ4v) is 2.48. The lowest BCUT2D eigenvalue weighted by molar-refractivity contribution is -0.117. The van der Waals surface area contributed by atoms with Gasteiger partial charge < -0.3 is 9.47 Å². The van der Waals surface area contributed by atoms with E-state index in [0.29, 0.717) is 22.6 Å². The van der Waals surface area contributed by atoms with Crippen molar-refractivity contribution in [3.63, 3.8) is 0 Å². The molecule has 120 valence electrons. The number of methoxy groups -OCH3 is 2. The smallest absolute Gasteiger partial charge is 0.170 e. The molecular formula is C19H20O4. The summed E-state index contributed by atoms with van der Waals surface area (Å²) in [6.45, 7) is 1.49. The standard InChI is InChI=1S/C19H20O4/c1-13(20)9-18(19(21)14-7-5-4-6-8-14)15-10-16(22-2)12-17(11-15)23-3/h4-8,10-12,18H,9H2,1-3H3. The number of ketones is 2. The maximum absolute atomic E-state index is 12.8. The first-order chi connectivity index (χ1) is 11.0. The molecule has 2 aromatic rings. The van der Waals surface area contributed by atoms with Gasteiger partial charge in [0, 0.05) is 18.1 Å². The number of Topliss-reactive ketones (excluding diaryl/α,β-unsaturated/α-hetero) is 2. The van der Waals surface area contributed by atoms with Crippen molar-refractivity contribution < 1.29 is 19.1 Å². The molecule has 0 aliphatic carbocycles. The SMILES string of the molecule is COc1cc(OC)cc(C(CC(C)=O)C(=O)c2ccccc2)c1. The van der Waals surface area contributed by atoms with Gasteiger partial charge in [-0.05, 0) is 24.6 Å². The summed E-state index contributed by atoms with van der Waals surface area (Å²) < 4.78 is 10.5. The molecule has 4 nitrogen and oxygen atoms in total. The Kier molecular flexibility index (Phi) is 5.52. The molecule has 0 fully saturated rings. The molecule has 4 heteroatoms. The Balaban J connectivity index is 2.46. The maximum Gasteiger partial charge on any atom is 0.170 e. The van der Waals surface area contributed by atoms with E-state index >= 15 is 0 Å². The summed E-state index contributed by atoms with van der Waals surface area (Å²) >= 11 is 0. The predicted molar refractivity (Wildman–Crippen MR) is 88.4 cm³/mol. The Morgan fingerprint density at radius 2 is 1.52 bits per heavy atom. The highest BCUT2D eigenvalue weighted by molar-refractivity contribution is 6.03. The highest BCUT2D eigenvalue weighted by Gasteiger charge is 2.24. The second-order valence-corrected chi connectivity index (χ2v) is 5.34. The number of benzene rings is 2. The van der Waals surface area contributed by atoms with E-state index in [2.05, 4.69) is 0 Å². The zero-order valence-electron chi connectivity index (χ0n) is 13.5. The van der Waals surface area contributed by atoms with Gasteiger partial charge in [0.1, 0.15) is 17.3 Å². The average molecular weight is 312 g/mol. The summed E-state index contributed by atoms with van der Waals surface area (Å²) in [7, 11) is 3.11. The van der Waals surface area contributed by atoms with E-state index in [1.165, 1.54) is 6.92 Å². The van der Waals surface area contributed by atoms with E-state index in [9.17, 15) is 9.59 Å². The molecule has 0 aromatic heterocycles. The summed E-state index contributed by atoms with van der Waals surface area (Å²) in [5, 5.41) is 0. The second-order valence-electron chi connectivity index (χ2n) is 5.34. The zero-order chi connectivity index (χ0) is 16.8. The number of hydrogen-bond donors (Lipinski definition) is 0. The van der Waals surface area contributed by atoms with Crippen LogP contribution in [-0.2, 0) is 4.79 Å². The zero-order valence-corrected chi connectivity index (χ0v) is 13.5. The quantitative estimate of drug-likeness (QED) is 0.732. The Morgan fingerprint density at radius 3 is 2.00 bits per heavy atom. The minimum absolute atomic E-state index is 0.0407. The molecule has 2 aromatic carbocycles. The van der Waals surface area contributed by atoms with E-state index in [0.717, 1.165) is 0 Å². The van der Waals surface area contributed by atoms with Crippen LogP contribution in [0.5, 0.6) is 11.5 Å². The summed E-state index contributed by atoms with van der Waals surface area (Å²) in [6.07, 6.45) is 0.143. The summed E-state index contributed by atoms with van der Waals surface area (Å²) in [4.78, 5) is 24.5. The first-order valence-electron chi connectivity index (χ1n) is 7.36. The lowest BCUT2D eigenvalue weighted by Gasteiger charge is -2.17. The van der Waals surface area contributed by atoms with Crippen LogP contribution in [-0.4, -0.2) is 25.8 Å². The summed E-state index contributed by atoms with van der Waals surface area (Å²) in [5.74, 6) is 0.499. The lowest BCUT2D eigenvalue weighted by atomic mass is 9.86. The van der Waals surface area contributed by atoms with Crippen molar-refractivity contribution in [3.05, 3.63) is 59.7 Å². The Labute approximate surface area is 136 Å². The van der Waals surface area contributed by atoms with Crippen molar-refractivity contribution in [2.24, 2.45) is 0 Å². The molecule has 0 amide bonds. The number of hydrogen-bond acceptors (Lipinski definition) is 4. The van der Waals surface area contributed by atoms with Gasteiger partial charge in [-0.15, -0.1) is 0 Å². The average Bonchev–Trinajstić information content (AvgIpc) is 2.59. The normalized spacial score (nSPS) is 11.6. The van der Waals surface area contributed by atoms with Crippen LogP contribution in [0.15, 0.2) is 48.5 Å². The van der Waals surface area contributed by atoms with Crippen LogP contribution >= 0.6 is 0 Å². The second kappa shape index (κ2) is 7.58. The van der Waals surface area contributed by atoms with Gasteiger partial charge in [-0.25, -0.2) is 0 Å². The maximum atomic E-state index is 12.8. The molecule has 0 radical (unpaired) electrons. The number of carbonyl (C=O) groups excluding carboxylic acids is 2. The molecule has 23 heavy (non-hydrogen) atoms. The van der Waals surface area contributed by atoms with Gasteiger partial charge in [0.15, 0.2) is 5.78 Å². The Bertz CT molecular complexity index is 670. The van der Waals surface area contributed by atoms with Crippen molar-refractivity contribution in [2.75, 3.05) is 14.2 Å². The predicted octanol–water partition coefficient (Wildman–Crippen LogP) is 3.65.